The molecule has 1 rings (SSSR count). The van der Waals surface area contributed by atoms with Crippen molar-refractivity contribution in [1.82, 2.24) is 0 Å². The monoisotopic (exact) mass is 306 g/mol. The van der Waals surface area contributed by atoms with Crippen LogP contribution >= 0.6 is 0 Å². The maximum absolute atomic E-state index is 11.3. The molecule has 0 aromatic heterocycles. The van der Waals surface area contributed by atoms with Crippen LogP contribution in [0.1, 0.15) is 6.99 Å². The first kappa shape index (κ1) is 18.6. The van der Waals surface area contributed by atoms with E-state index in [9.17, 15) is 18.0 Å². The van der Waals surface area contributed by atoms with E-state index in [0.29, 0.717) is 17.7 Å². The molecule has 0 spiro atoms. The first-order valence-electron chi connectivity index (χ1n) is 5.02. The predicted molar refractivity (Wildman–Crippen MR) is 68.4 cm³/mol. The zero-order chi connectivity index (χ0) is 14.3. The topological polar surface area (TPSA) is 97.7 Å². The Morgan fingerprint density at radius 3 is 2.30 bits per heavy atom. The van der Waals surface area contributed by atoms with Crippen LogP contribution in [-0.4, -0.2) is 25.5 Å². The summed E-state index contributed by atoms with van der Waals surface area (Å²) >= 11 is 0. The molecule has 0 fully saturated rings. The third-order valence-corrected chi connectivity index (χ3v) is 2.65. The summed E-state index contributed by atoms with van der Waals surface area (Å²) in [5.74, 6) is -2.66. The molecule has 0 unspecified atom stereocenters. The fraction of sp³-hybridized carbons (Fsp3) is 0. The van der Waals surface area contributed by atoms with Crippen LogP contribution in [0, 0.1) is 0 Å². The molecular formula is C12H11NaO6S. The molecule has 0 aliphatic heterocycles. The van der Waals surface area contributed by atoms with Gasteiger partial charge in [0.15, 0.2) is 0 Å². The quantitative estimate of drug-likeness (QED) is 0.395. The number of aliphatic carboxylic acids is 1. The van der Waals surface area contributed by atoms with Crippen LogP contribution in [0.3, 0.4) is 0 Å². The van der Waals surface area contributed by atoms with E-state index in [0.717, 1.165) is 5.41 Å². The van der Waals surface area contributed by atoms with Gasteiger partial charge in [0.05, 0.1) is 5.41 Å². The number of carboxylic acids is 1. The van der Waals surface area contributed by atoms with Gasteiger partial charge in [-0.05, 0) is 11.6 Å². The van der Waals surface area contributed by atoms with E-state index >= 15 is 0 Å². The van der Waals surface area contributed by atoms with Gasteiger partial charge in [-0.15, -0.1) is 0 Å². The van der Waals surface area contributed by atoms with Gasteiger partial charge in [0.1, 0.15) is 0 Å². The van der Waals surface area contributed by atoms with Crippen LogP contribution in [0.5, 0.6) is 0 Å². The van der Waals surface area contributed by atoms with Gasteiger partial charge < -0.3 is 10.7 Å². The van der Waals surface area contributed by atoms with Crippen molar-refractivity contribution in [2.75, 3.05) is 0 Å². The molecule has 1 aromatic rings. The van der Waals surface area contributed by atoms with Crippen LogP contribution in [0.25, 0.3) is 6.08 Å². The second-order valence-electron chi connectivity index (χ2n) is 3.28. The number of carboxylic acid groups (broad SMARTS) is 1. The molecule has 0 saturated carbocycles. The summed E-state index contributed by atoms with van der Waals surface area (Å²) in [4.78, 5) is 21.1. The fourth-order valence-electron chi connectivity index (χ4n) is 1.04. The standard InChI is InChI=1S/C12H10O6S.Na.H/c13-11(14)6-7-12(15)18-19(16,17)9-8-10-4-2-1-3-5-10;;/h1-9H,(H,13,14);;/q;+1;-1/b7-6-,9-8?;;. The second kappa shape index (κ2) is 8.70. The molecule has 0 aliphatic rings. The minimum Gasteiger partial charge on any atom is -1.00 e. The Balaban J connectivity index is 0. The Kier molecular flexibility index (Phi) is 8.09. The van der Waals surface area contributed by atoms with E-state index in [1.165, 1.54) is 6.08 Å². The zero-order valence-corrected chi connectivity index (χ0v) is 13.4. The number of hydrogen-bond acceptors (Lipinski definition) is 5. The number of benzene rings is 1. The normalized spacial score (nSPS) is 11.2. The summed E-state index contributed by atoms with van der Waals surface area (Å²) in [6, 6.07) is 8.53. The van der Waals surface area contributed by atoms with Gasteiger partial charge in [0.25, 0.3) is 0 Å². The van der Waals surface area contributed by atoms with Crippen LogP contribution in [0.15, 0.2) is 47.9 Å². The van der Waals surface area contributed by atoms with Crippen LogP contribution in [-0.2, 0) is 23.9 Å². The van der Waals surface area contributed by atoms with Crippen LogP contribution in [0.4, 0.5) is 0 Å². The molecule has 0 heterocycles. The summed E-state index contributed by atoms with van der Waals surface area (Å²) in [7, 11) is -4.20. The molecule has 0 radical (unpaired) electrons. The maximum atomic E-state index is 11.3. The molecule has 0 saturated heterocycles. The average Bonchev–Trinajstić information content (AvgIpc) is 2.35. The van der Waals surface area contributed by atoms with Gasteiger partial charge in [-0.25, -0.2) is 9.59 Å². The van der Waals surface area contributed by atoms with Gasteiger partial charge in [-0.3, -0.25) is 0 Å². The van der Waals surface area contributed by atoms with Gasteiger partial charge >= 0.3 is 51.6 Å². The smallest absolute Gasteiger partial charge is 1.00 e. The SMILES string of the molecule is O=C(O)/C=C\C(=O)OS(=O)(=O)C=Cc1ccccc1.[H-].[Na+]. The molecule has 0 atom stereocenters. The molecule has 1 N–H and O–H groups in total. The Labute approximate surface area is 139 Å². The third kappa shape index (κ3) is 7.90. The van der Waals surface area contributed by atoms with Gasteiger partial charge in [-0.1, -0.05) is 30.3 Å². The summed E-state index contributed by atoms with van der Waals surface area (Å²) in [6.45, 7) is 0. The number of hydrogen-bond donors (Lipinski definition) is 1. The molecule has 0 amide bonds. The van der Waals surface area contributed by atoms with Crippen molar-refractivity contribution in [1.29, 1.82) is 0 Å². The molecule has 8 heteroatoms. The van der Waals surface area contributed by atoms with Crippen molar-refractivity contribution in [3.8, 4) is 0 Å². The van der Waals surface area contributed by atoms with E-state index in [4.69, 9.17) is 5.11 Å². The van der Waals surface area contributed by atoms with Crippen molar-refractivity contribution in [3.05, 3.63) is 53.5 Å². The summed E-state index contributed by atoms with van der Waals surface area (Å²) in [5, 5.41) is 8.97. The van der Waals surface area contributed by atoms with Crippen molar-refractivity contribution in [2.45, 2.75) is 0 Å². The van der Waals surface area contributed by atoms with E-state index in [2.05, 4.69) is 4.18 Å². The number of rotatable bonds is 5. The third-order valence-electron chi connectivity index (χ3n) is 1.79. The maximum Gasteiger partial charge on any atom is 1.00 e. The molecular weight excluding hydrogens is 295 g/mol. The zero-order valence-electron chi connectivity index (χ0n) is 11.6. The first-order valence-corrected chi connectivity index (χ1v) is 6.49. The first-order chi connectivity index (χ1) is 8.89. The molecule has 1 aromatic carbocycles. The molecule has 102 valence electrons. The Morgan fingerprint density at radius 1 is 1.15 bits per heavy atom. The van der Waals surface area contributed by atoms with Gasteiger partial charge in [0, 0.05) is 12.2 Å². The Hall–Kier alpha value is -1.41. The predicted octanol–water partition coefficient (Wildman–Crippen LogP) is -1.71. The van der Waals surface area contributed by atoms with Crippen LogP contribution in [0.2, 0.25) is 0 Å². The van der Waals surface area contributed by atoms with Crippen molar-refractivity contribution in [2.24, 2.45) is 0 Å². The summed E-state index contributed by atoms with van der Waals surface area (Å²) in [5.41, 5.74) is 0.614. The minimum atomic E-state index is -4.20. The van der Waals surface area contributed by atoms with Crippen molar-refractivity contribution < 1.29 is 58.3 Å². The molecule has 0 aliphatic carbocycles. The van der Waals surface area contributed by atoms with Gasteiger partial charge in [0.2, 0.25) is 0 Å². The van der Waals surface area contributed by atoms with Crippen LogP contribution < -0.4 is 29.6 Å². The molecule has 6 nitrogen and oxygen atoms in total. The average molecular weight is 306 g/mol. The minimum absolute atomic E-state index is 0. The van der Waals surface area contributed by atoms with Crippen molar-refractivity contribution >= 4 is 28.1 Å². The fourth-order valence-corrected chi connectivity index (χ4v) is 1.70. The second-order valence-corrected chi connectivity index (χ2v) is 4.70. The van der Waals surface area contributed by atoms with E-state index in [1.807, 2.05) is 0 Å². The molecule has 0 bridgehead atoms. The van der Waals surface area contributed by atoms with Crippen molar-refractivity contribution in [3.63, 3.8) is 0 Å². The summed E-state index contributed by atoms with van der Waals surface area (Å²) < 4.78 is 26.8. The van der Waals surface area contributed by atoms with E-state index in [-0.39, 0.29) is 31.0 Å². The Bertz CT molecular complexity index is 624. The Morgan fingerprint density at radius 2 is 1.75 bits per heavy atom. The van der Waals surface area contributed by atoms with E-state index in [1.54, 1.807) is 30.3 Å². The largest absolute Gasteiger partial charge is 1.00 e. The number of carbonyl (C=O) groups excluding carboxylic acids is 1. The van der Waals surface area contributed by atoms with E-state index < -0.39 is 22.1 Å². The summed E-state index contributed by atoms with van der Waals surface area (Å²) in [6.07, 6.45) is 2.25. The van der Waals surface area contributed by atoms with Gasteiger partial charge in [-0.2, -0.15) is 8.42 Å². The number of carbonyl (C=O) groups is 2. The molecule has 20 heavy (non-hydrogen) atoms.